The lowest BCUT2D eigenvalue weighted by molar-refractivity contribution is -0.146. The summed E-state index contributed by atoms with van der Waals surface area (Å²) in [5, 5.41) is 0. The first kappa shape index (κ1) is 24.3. The molecule has 0 bridgehead atoms. The number of rotatable bonds is 11. The van der Waals surface area contributed by atoms with Gasteiger partial charge >= 0.3 is 39.5 Å². The van der Waals surface area contributed by atoms with Gasteiger partial charge in [0.2, 0.25) is 0 Å². The van der Waals surface area contributed by atoms with Crippen LogP contribution < -0.4 is 0 Å². The molecule has 0 radical (unpaired) electrons. The number of phosphoric acid groups is 2. The van der Waals surface area contributed by atoms with Crippen LogP contribution in [0.4, 0.5) is 0 Å². The minimum Gasteiger partial charge on any atom is -0.361 e. The average Bonchev–Trinajstić information content (AvgIpc) is 2.43. The molecule has 0 aliphatic carbocycles. The van der Waals surface area contributed by atoms with Crippen LogP contribution in [0, 0.1) is 0 Å². The van der Waals surface area contributed by atoms with Gasteiger partial charge in [-0.3, -0.25) is 29.0 Å². The van der Waals surface area contributed by atoms with Gasteiger partial charge in [-0.05, 0) is 12.8 Å². The lowest BCUT2D eigenvalue weighted by Crippen LogP contribution is -2.12. The van der Waals surface area contributed by atoms with Gasteiger partial charge in [-0.1, -0.05) is 13.8 Å². The minimum absolute atomic E-state index is 0.170. The Balaban J connectivity index is 4.39. The average molecular weight is 418 g/mol. The first-order valence-electron chi connectivity index (χ1n) is 7.46. The molecule has 2 unspecified atom stereocenters. The van der Waals surface area contributed by atoms with Gasteiger partial charge in [0.05, 0.1) is 12.8 Å². The van der Waals surface area contributed by atoms with Crippen LogP contribution in [-0.4, -0.2) is 33.7 Å². The van der Waals surface area contributed by atoms with Crippen molar-refractivity contribution in [1.29, 1.82) is 0 Å². The van der Waals surface area contributed by atoms with Crippen molar-refractivity contribution in [3.8, 4) is 0 Å². The summed E-state index contributed by atoms with van der Waals surface area (Å²) in [6, 6.07) is 0. The molecule has 0 aromatic rings. The van der Waals surface area contributed by atoms with Crippen LogP contribution in [0.1, 0.15) is 52.4 Å². The molecule has 2 atom stereocenters. The summed E-state index contributed by atoms with van der Waals surface area (Å²) in [5.74, 6) is -4.90. The fourth-order valence-electron chi connectivity index (χ4n) is 1.35. The van der Waals surface area contributed by atoms with E-state index in [0.29, 0.717) is 12.8 Å². The second kappa shape index (κ2) is 11.1. The molecule has 0 fully saturated rings. The van der Waals surface area contributed by atoms with E-state index >= 15 is 0 Å². The molecule has 14 heteroatoms. The van der Waals surface area contributed by atoms with E-state index in [4.69, 9.17) is 0 Å². The minimum atomic E-state index is -4.99. The van der Waals surface area contributed by atoms with Crippen LogP contribution in [0.15, 0.2) is 0 Å². The molecule has 0 aromatic carbocycles. The zero-order valence-electron chi connectivity index (χ0n) is 14.1. The summed E-state index contributed by atoms with van der Waals surface area (Å²) >= 11 is 0. The number of hydrogen-bond donors (Lipinski definition) is 2. The van der Waals surface area contributed by atoms with Gasteiger partial charge in [-0.15, -0.1) is 0 Å². The Morgan fingerprint density at radius 1 is 0.615 bits per heavy atom. The normalized spacial score (nSPS) is 15.1. The highest BCUT2D eigenvalue weighted by molar-refractivity contribution is 7.48. The Hall–Kier alpha value is -1.74. The van der Waals surface area contributed by atoms with E-state index in [0.717, 1.165) is 0 Å². The highest BCUT2D eigenvalue weighted by Gasteiger charge is 2.32. The lowest BCUT2D eigenvalue weighted by atomic mass is 10.3. The fourth-order valence-corrected chi connectivity index (χ4v) is 2.82. The molecule has 0 spiro atoms. The standard InChI is InChI=1S/C12H20O12P2/c1-3-5-9(13)21-25(17,18)23-11(15)7-8-12(16)24-26(19,20)22-10(14)6-4-2/h3-8H2,1-2H3,(H,17,18)(H,19,20). The second-order valence-corrected chi connectivity index (χ2v) is 7.39. The van der Waals surface area contributed by atoms with E-state index in [1.165, 1.54) is 0 Å². The number of phosphoric ester groups is 2. The second-order valence-electron chi connectivity index (χ2n) is 4.79. The van der Waals surface area contributed by atoms with Crippen molar-refractivity contribution >= 4 is 39.5 Å². The molecule has 0 heterocycles. The summed E-state index contributed by atoms with van der Waals surface area (Å²) in [7, 11) is -9.97. The van der Waals surface area contributed by atoms with Crippen LogP contribution in [0.3, 0.4) is 0 Å². The maximum absolute atomic E-state index is 11.4. The van der Waals surface area contributed by atoms with Crippen LogP contribution in [-0.2, 0) is 46.4 Å². The maximum Gasteiger partial charge on any atom is 0.589 e. The topological polar surface area (TPSA) is 180 Å². The Morgan fingerprint density at radius 2 is 0.846 bits per heavy atom. The molecule has 0 saturated carbocycles. The monoisotopic (exact) mass is 418 g/mol. The summed E-state index contributed by atoms with van der Waals surface area (Å²) in [6.45, 7) is 3.22. The van der Waals surface area contributed by atoms with Crippen molar-refractivity contribution in [2.75, 3.05) is 0 Å². The van der Waals surface area contributed by atoms with E-state index in [2.05, 4.69) is 18.1 Å². The third-order valence-corrected chi connectivity index (χ3v) is 4.05. The Labute approximate surface area is 149 Å². The third kappa shape index (κ3) is 11.8. The zero-order chi connectivity index (χ0) is 20.4. The van der Waals surface area contributed by atoms with Crippen molar-refractivity contribution in [3.05, 3.63) is 0 Å². The molecule has 12 nitrogen and oxygen atoms in total. The molecule has 0 amide bonds. The predicted octanol–water partition coefficient (Wildman–Crippen LogP) is 1.74. The van der Waals surface area contributed by atoms with E-state index in [1.54, 1.807) is 13.8 Å². The summed E-state index contributed by atoms with van der Waals surface area (Å²) in [5.41, 5.74) is 0. The van der Waals surface area contributed by atoms with Crippen molar-refractivity contribution < 1.29 is 56.2 Å². The number of hydrogen-bond acceptors (Lipinski definition) is 10. The molecule has 0 aromatic heterocycles. The van der Waals surface area contributed by atoms with Gasteiger partial charge in [0.15, 0.2) is 0 Å². The first-order valence-corrected chi connectivity index (χ1v) is 10.4. The number of carbonyl (C=O) groups excluding carboxylic acids is 4. The SMILES string of the molecule is CCCC(=O)OP(=O)(O)OC(=O)CCC(=O)OP(=O)(O)OC(=O)CCC. The Morgan fingerprint density at radius 3 is 1.08 bits per heavy atom. The van der Waals surface area contributed by atoms with Crippen molar-refractivity contribution in [3.63, 3.8) is 0 Å². The molecule has 26 heavy (non-hydrogen) atoms. The molecule has 2 N–H and O–H groups in total. The van der Waals surface area contributed by atoms with Crippen LogP contribution in [0.25, 0.3) is 0 Å². The van der Waals surface area contributed by atoms with Gasteiger partial charge in [0.25, 0.3) is 0 Å². The quantitative estimate of drug-likeness (QED) is 0.465. The van der Waals surface area contributed by atoms with Gasteiger partial charge < -0.3 is 18.1 Å². The molecule has 150 valence electrons. The lowest BCUT2D eigenvalue weighted by Gasteiger charge is -2.12. The largest absolute Gasteiger partial charge is 0.589 e. The Bertz CT molecular complexity index is 574. The Kier molecular flexibility index (Phi) is 10.3. The summed E-state index contributed by atoms with van der Waals surface area (Å²) in [6.07, 6.45) is -1.31. The van der Waals surface area contributed by atoms with Crippen molar-refractivity contribution in [2.24, 2.45) is 0 Å². The van der Waals surface area contributed by atoms with E-state index in [-0.39, 0.29) is 12.8 Å². The van der Waals surface area contributed by atoms with Gasteiger partial charge in [-0.2, -0.15) is 0 Å². The van der Waals surface area contributed by atoms with Crippen molar-refractivity contribution in [1.82, 2.24) is 0 Å². The van der Waals surface area contributed by atoms with E-state index in [1.807, 2.05) is 0 Å². The third-order valence-electron chi connectivity index (χ3n) is 2.31. The highest BCUT2D eigenvalue weighted by atomic mass is 31.2. The fraction of sp³-hybridized carbons (Fsp3) is 0.667. The summed E-state index contributed by atoms with van der Waals surface area (Å²) in [4.78, 5) is 63.3. The maximum atomic E-state index is 11.4. The smallest absolute Gasteiger partial charge is 0.361 e. The van der Waals surface area contributed by atoms with Crippen LogP contribution in [0.2, 0.25) is 0 Å². The van der Waals surface area contributed by atoms with Crippen LogP contribution in [0.5, 0.6) is 0 Å². The van der Waals surface area contributed by atoms with Gasteiger partial charge in [0.1, 0.15) is 0 Å². The highest BCUT2D eigenvalue weighted by Crippen LogP contribution is 2.45. The molecule has 0 saturated heterocycles. The van der Waals surface area contributed by atoms with E-state index in [9.17, 15) is 38.1 Å². The van der Waals surface area contributed by atoms with Crippen molar-refractivity contribution in [2.45, 2.75) is 52.4 Å². The first-order chi connectivity index (χ1) is 11.9. The molecular weight excluding hydrogens is 398 g/mol. The number of carbonyl (C=O) groups is 4. The van der Waals surface area contributed by atoms with Crippen LogP contribution >= 0.6 is 15.6 Å². The molecule has 0 aliphatic rings. The van der Waals surface area contributed by atoms with E-state index < -0.39 is 52.4 Å². The zero-order valence-corrected chi connectivity index (χ0v) is 15.9. The van der Waals surface area contributed by atoms with Gasteiger partial charge in [0, 0.05) is 12.8 Å². The van der Waals surface area contributed by atoms with Gasteiger partial charge in [-0.25, -0.2) is 9.13 Å². The molecule has 0 rings (SSSR count). The molecule has 0 aliphatic heterocycles. The summed E-state index contributed by atoms with van der Waals surface area (Å²) < 4.78 is 39.0. The predicted molar refractivity (Wildman–Crippen MR) is 83.1 cm³/mol. The molecular formula is C12H20O12P2.